The molecule has 114 valence electrons. The third-order valence-electron chi connectivity index (χ3n) is 3.19. The monoisotopic (exact) mass is 299 g/mol. The average Bonchev–Trinajstić information content (AvgIpc) is 2.53. The Morgan fingerprint density at radius 1 is 1.05 bits per heavy atom. The molecule has 0 amide bonds. The number of benzene rings is 1. The lowest BCUT2D eigenvalue weighted by molar-refractivity contribution is 0.412. The minimum atomic E-state index is -0.248. The Bertz CT molecular complexity index is 631. The van der Waals surface area contributed by atoms with Crippen molar-refractivity contribution in [2.75, 3.05) is 32.1 Å². The zero-order chi connectivity index (χ0) is 15.9. The fourth-order valence-corrected chi connectivity index (χ4v) is 1.96. The van der Waals surface area contributed by atoms with Gasteiger partial charge in [0.1, 0.15) is 11.9 Å². The van der Waals surface area contributed by atoms with E-state index in [1.54, 1.807) is 24.3 Å². The fourth-order valence-electron chi connectivity index (χ4n) is 1.96. The van der Waals surface area contributed by atoms with Crippen molar-refractivity contribution in [3.63, 3.8) is 0 Å². The quantitative estimate of drug-likeness (QED) is 0.817. The Labute approximate surface area is 129 Å². The van der Waals surface area contributed by atoms with Gasteiger partial charge in [0.2, 0.25) is 0 Å². The molecule has 0 N–H and O–H groups in total. The standard InChI is InChI=1S/C16H18FN5/c1-21(2)9-10-22(12-13-3-5-14(17)6-4-13)16-8-7-15(11-18)19-20-16/h3-8H,9-10,12H2,1-2H3. The zero-order valence-electron chi connectivity index (χ0n) is 12.7. The number of nitriles is 1. The van der Waals surface area contributed by atoms with Crippen molar-refractivity contribution >= 4 is 5.82 Å². The van der Waals surface area contributed by atoms with Crippen LogP contribution in [0.15, 0.2) is 36.4 Å². The Morgan fingerprint density at radius 3 is 2.32 bits per heavy atom. The molecule has 0 radical (unpaired) electrons. The summed E-state index contributed by atoms with van der Waals surface area (Å²) in [5.41, 5.74) is 1.28. The van der Waals surface area contributed by atoms with Gasteiger partial charge >= 0.3 is 0 Å². The van der Waals surface area contributed by atoms with E-state index >= 15 is 0 Å². The molecule has 0 fully saturated rings. The van der Waals surface area contributed by atoms with Crippen LogP contribution in [0.2, 0.25) is 0 Å². The maximum absolute atomic E-state index is 13.0. The molecule has 0 aliphatic rings. The van der Waals surface area contributed by atoms with Crippen LogP contribution in [0.3, 0.4) is 0 Å². The molecule has 0 aliphatic heterocycles. The molecule has 0 saturated carbocycles. The van der Waals surface area contributed by atoms with Crippen molar-refractivity contribution in [2.45, 2.75) is 6.54 Å². The van der Waals surface area contributed by atoms with E-state index in [-0.39, 0.29) is 11.5 Å². The smallest absolute Gasteiger partial charge is 0.163 e. The predicted molar refractivity (Wildman–Crippen MR) is 82.8 cm³/mol. The summed E-state index contributed by atoms with van der Waals surface area (Å²) in [5.74, 6) is 0.451. The van der Waals surface area contributed by atoms with Crippen LogP contribution in [-0.4, -0.2) is 42.3 Å². The molecule has 1 heterocycles. The van der Waals surface area contributed by atoms with E-state index in [2.05, 4.69) is 20.0 Å². The number of anilines is 1. The van der Waals surface area contributed by atoms with E-state index in [0.717, 1.165) is 18.7 Å². The molecule has 1 aromatic carbocycles. The van der Waals surface area contributed by atoms with Crippen LogP contribution in [-0.2, 0) is 6.54 Å². The van der Waals surface area contributed by atoms with E-state index in [4.69, 9.17) is 5.26 Å². The second kappa shape index (κ2) is 7.48. The normalized spacial score (nSPS) is 10.5. The summed E-state index contributed by atoms with van der Waals surface area (Å²) in [7, 11) is 4.00. The Kier molecular flexibility index (Phi) is 5.39. The van der Waals surface area contributed by atoms with Gasteiger partial charge in [0, 0.05) is 19.6 Å². The van der Waals surface area contributed by atoms with Gasteiger partial charge in [-0.25, -0.2) is 4.39 Å². The SMILES string of the molecule is CN(C)CCN(Cc1ccc(F)cc1)c1ccc(C#N)nn1. The second-order valence-electron chi connectivity index (χ2n) is 5.24. The third-order valence-corrected chi connectivity index (χ3v) is 3.19. The largest absolute Gasteiger partial charge is 0.350 e. The number of aromatic nitrogens is 2. The molecule has 1 aromatic heterocycles. The lowest BCUT2D eigenvalue weighted by Gasteiger charge is -2.25. The number of hydrogen-bond donors (Lipinski definition) is 0. The van der Waals surface area contributed by atoms with Crippen LogP contribution >= 0.6 is 0 Å². The molecule has 2 rings (SSSR count). The molecular weight excluding hydrogens is 281 g/mol. The lowest BCUT2D eigenvalue weighted by Crippen LogP contribution is -2.32. The van der Waals surface area contributed by atoms with Crippen molar-refractivity contribution < 1.29 is 4.39 Å². The van der Waals surface area contributed by atoms with Crippen LogP contribution in [0.25, 0.3) is 0 Å². The van der Waals surface area contributed by atoms with Crippen molar-refractivity contribution in [3.8, 4) is 6.07 Å². The zero-order valence-corrected chi connectivity index (χ0v) is 12.7. The number of nitrogens with zero attached hydrogens (tertiary/aromatic N) is 5. The van der Waals surface area contributed by atoms with Crippen molar-refractivity contribution in [1.82, 2.24) is 15.1 Å². The Morgan fingerprint density at radius 2 is 1.77 bits per heavy atom. The fraction of sp³-hybridized carbons (Fsp3) is 0.312. The minimum Gasteiger partial charge on any atom is -0.350 e. The summed E-state index contributed by atoms with van der Waals surface area (Å²) in [4.78, 5) is 4.14. The maximum atomic E-state index is 13.0. The highest BCUT2D eigenvalue weighted by molar-refractivity contribution is 5.40. The lowest BCUT2D eigenvalue weighted by atomic mass is 10.2. The van der Waals surface area contributed by atoms with Crippen molar-refractivity contribution in [3.05, 3.63) is 53.5 Å². The summed E-state index contributed by atoms with van der Waals surface area (Å²) < 4.78 is 13.0. The first-order chi connectivity index (χ1) is 10.6. The number of rotatable bonds is 6. The van der Waals surface area contributed by atoms with E-state index in [1.165, 1.54) is 12.1 Å². The van der Waals surface area contributed by atoms with Gasteiger partial charge in [-0.15, -0.1) is 10.2 Å². The van der Waals surface area contributed by atoms with Gasteiger partial charge in [-0.2, -0.15) is 5.26 Å². The first-order valence-electron chi connectivity index (χ1n) is 6.96. The predicted octanol–water partition coefficient (Wildman–Crippen LogP) is 2.06. The molecule has 0 aliphatic carbocycles. The molecule has 0 unspecified atom stereocenters. The van der Waals surface area contributed by atoms with E-state index < -0.39 is 0 Å². The van der Waals surface area contributed by atoms with Gasteiger partial charge in [-0.3, -0.25) is 0 Å². The number of halogens is 1. The van der Waals surface area contributed by atoms with E-state index in [9.17, 15) is 4.39 Å². The molecule has 2 aromatic rings. The number of likely N-dealkylation sites (N-methyl/N-ethyl adjacent to an activating group) is 1. The van der Waals surface area contributed by atoms with Crippen LogP contribution in [0.1, 0.15) is 11.3 Å². The van der Waals surface area contributed by atoms with Crippen LogP contribution in [0.4, 0.5) is 10.2 Å². The summed E-state index contributed by atoms with van der Waals surface area (Å²) in [6.45, 7) is 2.21. The van der Waals surface area contributed by atoms with Gasteiger partial charge in [0.25, 0.3) is 0 Å². The van der Waals surface area contributed by atoms with Crippen molar-refractivity contribution in [2.24, 2.45) is 0 Å². The van der Waals surface area contributed by atoms with E-state index in [1.807, 2.05) is 20.2 Å². The summed E-state index contributed by atoms with van der Waals surface area (Å²) >= 11 is 0. The average molecular weight is 299 g/mol. The first-order valence-corrected chi connectivity index (χ1v) is 6.96. The molecule has 5 nitrogen and oxygen atoms in total. The molecule has 6 heteroatoms. The second-order valence-corrected chi connectivity index (χ2v) is 5.24. The molecule has 0 bridgehead atoms. The highest BCUT2D eigenvalue weighted by Crippen LogP contribution is 2.14. The van der Waals surface area contributed by atoms with Crippen LogP contribution in [0.5, 0.6) is 0 Å². The highest BCUT2D eigenvalue weighted by atomic mass is 19.1. The number of hydrogen-bond acceptors (Lipinski definition) is 5. The van der Waals surface area contributed by atoms with E-state index in [0.29, 0.717) is 12.4 Å². The summed E-state index contributed by atoms with van der Waals surface area (Å²) in [6.07, 6.45) is 0. The molecule has 0 spiro atoms. The van der Waals surface area contributed by atoms with Gasteiger partial charge in [-0.05, 0) is 43.9 Å². The van der Waals surface area contributed by atoms with Gasteiger partial charge in [0.15, 0.2) is 11.5 Å². The minimum absolute atomic E-state index is 0.248. The summed E-state index contributed by atoms with van der Waals surface area (Å²) in [6, 6.07) is 11.8. The van der Waals surface area contributed by atoms with Crippen molar-refractivity contribution in [1.29, 1.82) is 5.26 Å². The highest BCUT2D eigenvalue weighted by Gasteiger charge is 2.10. The van der Waals surface area contributed by atoms with Gasteiger partial charge in [-0.1, -0.05) is 12.1 Å². The Balaban J connectivity index is 2.17. The third kappa shape index (κ3) is 4.50. The first kappa shape index (κ1) is 15.9. The van der Waals surface area contributed by atoms with Gasteiger partial charge < -0.3 is 9.80 Å². The molecular formula is C16H18FN5. The summed E-state index contributed by atoms with van der Waals surface area (Å²) in [5, 5.41) is 16.8. The Hall–Kier alpha value is -2.52. The maximum Gasteiger partial charge on any atom is 0.163 e. The van der Waals surface area contributed by atoms with Crippen LogP contribution < -0.4 is 4.90 Å². The molecule has 0 saturated heterocycles. The molecule has 22 heavy (non-hydrogen) atoms. The molecule has 0 atom stereocenters. The topological polar surface area (TPSA) is 56.0 Å². The van der Waals surface area contributed by atoms with Gasteiger partial charge in [0.05, 0.1) is 0 Å². The van der Waals surface area contributed by atoms with Crippen LogP contribution in [0, 0.1) is 17.1 Å².